The van der Waals surface area contributed by atoms with Gasteiger partial charge < -0.3 is 20.5 Å². The van der Waals surface area contributed by atoms with E-state index in [9.17, 15) is 5.11 Å². The minimum absolute atomic E-state index is 0.224. The SMILES string of the molecule is [2H]C(Oc1cc(-c2cnn(C3CCN(C)CC3)c2)cnc1N)c1cccc(C#CC(C)(C)O)c1. The van der Waals surface area contributed by atoms with Crippen molar-refractivity contribution in [3.63, 3.8) is 0 Å². The van der Waals surface area contributed by atoms with Gasteiger partial charge in [-0.05, 0) is 70.6 Å². The van der Waals surface area contributed by atoms with E-state index < -0.39 is 12.2 Å². The average Bonchev–Trinajstić information content (AvgIpc) is 3.29. The molecule has 1 aliphatic rings. The maximum absolute atomic E-state index is 9.82. The number of anilines is 1. The highest BCUT2D eigenvalue weighted by atomic mass is 16.5. The van der Waals surface area contributed by atoms with E-state index in [1.54, 1.807) is 38.2 Å². The van der Waals surface area contributed by atoms with E-state index in [2.05, 4.69) is 33.9 Å². The van der Waals surface area contributed by atoms with Gasteiger partial charge in [0.25, 0.3) is 0 Å². The molecule has 0 saturated carbocycles. The number of hydrogen-bond acceptors (Lipinski definition) is 6. The molecular formula is C26H31N5O2. The Morgan fingerprint density at radius 3 is 2.79 bits per heavy atom. The summed E-state index contributed by atoms with van der Waals surface area (Å²) in [5.41, 5.74) is 8.06. The largest absolute Gasteiger partial charge is 0.485 e. The van der Waals surface area contributed by atoms with E-state index >= 15 is 0 Å². The molecule has 1 unspecified atom stereocenters. The van der Waals surface area contributed by atoms with Gasteiger partial charge in [0.15, 0.2) is 11.6 Å². The van der Waals surface area contributed by atoms with E-state index in [4.69, 9.17) is 11.8 Å². The third-order valence-corrected chi connectivity index (χ3v) is 5.60. The lowest BCUT2D eigenvalue weighted by atomic mass is 10.1. The Kier molecular flexibility index (Phi) is 6.29. The van der Waals surface area contributed by atoms with E-state index in [-0.39, 0.29) is 5.82 Å². The molecule has 4 rings (SSSR count). The molecule has 0 spiro atoms. The number of piperidine rings is 1. The predicted octanol–water partition coefficient (Wildman–Crippen LogP) is 3.50. The topological polar surface area (TPSA) is 89.4 Å². The fourth-order valence-electron chi connectivity index (χ4n) is 3.70. The van der Waals surface area contributed by atoms with Crippen LogP contribution in [0.1, 0.15) is 45.2 Å². The van der Waals surface area contributed by atoms with Crippen LogP contribution in [0.15, 0.2) is 48.9 Å². The van der Waals surface area contributed by atoms with Gasteiger partial charge in [-0.3, -0.25) is 4.68 Å². The van der Waals surface area contributed by atoms with Crippen molar-refractivity contribution in [3.8, 4) is 28.7 Å². The fraction of sp³-hybridized carbons (Fsp3) is 0.385. The molecule has 33 heavy (non-hydrogen) atoms. The number of likely N-dealkylation sites (tertiary alicyclic amines) is 1. The highest BCUT2D eigenvalue weighted by Gasteiger charge is 2.19. The van der Waals surface area contributed by atoms with Crippen LogP contribution in [0, 0.1) is 11.8 Å². The standard InChI is InChI=1S/C26H31N5O2/c1-26(2,32)10-7-19-5-4-6-20(13-19)18-33-24-14-21(15-28-25(24)27)22-16-29-31(17-22)23-8-11-30(3)12-9-23/h4-6,13-17,23,32H,8-9,11-12,18H2,1-3H3,(H2,27,28)/i18D. The van der Waals surface area contributed by atoms with Crippen molar-refractivity contribution < 1.29 is 11.2 Å². The number of pyridine rings is 1. The molecule has 3 N–H and O–H groups in total. The van der Waals surface area contributed by atoms with Crippen LogP contribution in [0.25, 0.3) is 11.1 Å². The Labute approximate surface area is 196 Å². The van der Waals surface area contributed by atoms with Crippen LogP contribution in [-0.2, 0) is 6.58 Å². The second kappa shape index (κ2) is 9.65. The molecule has 1 saturated heterocycles. The van der Waals surface area contributed by atoms with Crippen LogP contribution in [0.2, 0.25) is 0 Å². The lowest BCUT2D eigenvalue weighted by molar-refractivity contribution is 0.143. The molecule has 0 aliphatic carbocycles. The molecule has 1 aliphatic heterocycles. The molecule has 0 bridgehead atoms. The lowest BCUT2D eigenvalue weighted by Gasteiger charge is -2.28. The second-order valence-electron chi connectivity index (χ2n) is 9.02. The van der Waals surface area contributed by atoms with Crippen LogP contribution in [-0.4, -0.2) is 50.5 Å². The number of aromatic nitrogens is 3. The smallest absolute Gasteiger partial charge is 0.166 e. The van der Waals surface area contributed by atoms with Crippen molar-refractivity contribution in [2.24, 2.45) is 0 Å². The van der Waals surface area contributed by atoms with Crippen molar-refractivity contribution in [2.45, 2.75) is 44.9 Å². The maximum Gasteiger partial charge on any atom is 0.166 e. The zero-order chi connectivity index (χ0) is 24.3. The molecule has 3 aromatic rings. The van der Waals surface area contributed by atoms with E-state index in [0.717, 1.165) is 37.1 Å². The zero-order valence-electron chi connectivity index (χ0n) is 20.3. The summed E-state index contributed by atoms with van der Waals surface area (Å²) in [6.45, 7) is 4.37. The normalized spacial score (nSPS) is 16.5. The third kappa shape index (κ3) is 6.13. The van der Waals surface area contributed by atoms with Gasteiger partial charge in [-0.15, -0.1) is 0 Å². The third-order valence-electron chi connectivity index (χ3n) is 5.60. The van der Waals surface area contributed by atoms with Gasteiger partial charge in [-0.2, -0.15) is 5.10 Å². The molecule has 172 valence electrons. The van der Waals surface area contributed by atoms with E-state index in [1.807, 2.05) is 29.2 Å². The summed E-state index contributed by atoms with van der Waals surface area (Å²) in [7, 11) is 2.14. The van der Waals surface area contributed by atoms with E-state index in [0.29, 0.717) is 22.9 Å². The van der Waals surface area contributed by atoms with Crippen LogP contribution in [0.3, 0.4) is 0 Å². The van der Waals surface area contributed by atoms with Gasteiger partial charge in [0, 0.05) is 29.1 Å². The molecule has 1 fully saturated rings. The first-order chi connectivity index (χ1) is 16.2. The molecule has 0 radical (unpaired) electrons. The number of nitrogens with two attached hydrogens (primary N) is 1. The van der Waals surface area contributed by atoms with Crippen LogP contribution >= 0.6 is 0 Å². The summed E-state index contributed by atoms with van der Waals surface area (Å²) in [4.78, 5) is 6.62. The summed E-state index contributed by atoms with van der Waals surface area (Å²) in [6, 6.07) is 9.41. The molecule has 7 nitrogen and oxygen atoms in total. The van der Waals surface area contributed by atoms with Crippen molar-refractivity contribution >= 4 is 5.82 Å². The summed E-state index contributed by atoms with van der Waals surface area (Å²) in [5.74, 6) is 6.28. The molecule has 1 aromatic carbocycles. The summed E-state index contributed by atoms with van der Waals surface area (Å²) in [5, 5.41) is 14.4. The van der Waals surface area contributed by atoms with Crippen LogP contribution in [0.5, 0.6) is 5.75 Å². The highest BCUT2D eigenvalue weighted by molar-refractivity contribution is 5.65. The molecule has 7 heteroatoms. The minimum Gasteiger partial charge on any atom is -0.485 e. The van der Waals surface area contributed by atoms with E-state index in [1.165, 1.54) is 0 Å². The van der Waals surface area contributed by atoms with Gasteiger partial charge in [0.05, 0.1) is 13.6 Å². The Hall–Kier alpha value is -3.34. The molecule has 0 amide bonds. The molecular weight excluding hydrogens is 414 g/mol. The van der Waals surface area contributed by atoms with Gasteiger partial charge in [0.1, 0.15) is 12.2 Å². The molecule has 1 atom stereocenters. The average molecular weight is 447 g/mol. The van der Waals surface area contributed by atoms with Crippen molar-refractivity contribution in [2.75, 3.05) is 25.9 Å². The predicted molar refractivity (Wildman–Crippen MR) is 130 cm³/mol. The van der Waals surface area contributed by atoms with Crippen molar-refractivity contribution in [1.82, 2.24) is 19.7 Å². The first-order valence-corrected chi connectivity index (χ1v) is 11.1. The Morgan fingerprint density at radius 1 is 1.24 bits per heavy atom. The van der Waals surface area contributed by atoms with Gasteiger partial charge >= 0.3 is 0 Å². The number of nitrogen functional groups attached to an aromatic ring is 1. The molecule has 3 heterocycles. The highest BCUT2D eigenvalue weighted by Crippen LogP contribution is 2.29. The summed E-state index contributed by atoms with van der Waals surface area (Å²) >= 11 is 0. The zero-order valence-corrected chi connectivity index (χ0v) is 19.3. The maximum atomic E-state index is 9.82. The fourth-order valence-corrected chi connectivity index (χ4v) is 3.70. The Balaban J connectivity index is 1.50. The molecule has 2 aromatic heterocycles. The first-order valence-electron chi connectivity index (χ1n) is 11.7. The summed E-state index contributed by atoms with van der Waals surface area (Å²) < 4.78 is 16.4. The van der Waals surface area contributed by atoms with Crippen LogP contribution < -0.4 is 10.5 Å². The van der Waals surface area contributed by atoms with Gasteiger partial charge in [-0.1, -0.05) is 24.0 Å². The summed E-state index contributed by atoms with van der Waals surface area (Å²) in [6.07, 6.45) is 7.72. The number of rotatable bonds is 5. The number of benzene rings is 1. The number of hydrogen-bond donors (Lipinski definition) is 2. The second-order valence-corrected chi connectivity index (χ2v) is 9.02. The van der Waals surface area contributed by atoms with Crippen LogP contribution in [0.4, 0.5) is 5.82 Å². The number of nitrogens with zero attached hydrogens (tertiary/aromatic N) is 4. The Morgan fingerprint density at radius 2 is 2.03 bits per heavy atom. The first kappa shape index (κ1) is 21.5. The minimum atomic E-state index is -1.09. The quantitative estimate of drug-likeness (QED) is 0.583. The van der Waals surface area contributed by atoms with Crippen molar-refractivity contribution in [1.29, 1.82) is 0 Å². The number of aliphatic hydroxyl groups is 1. The van der Waals surface area contributed by atoms with Gasteiger partial charge in [-0.25, -0.2) is 4.98 Å². The Bertz CT molecular complexity index is 1200. The monoisotopic (exact) mass is 446 g/mol. The van der Waals surface area contributed by atoms with Crippen molar-refractivity contribution in [3.05, 3.63) is 60.0 Å². The lowest BCUT2D eigenvalue weighted by Crippen LogP contribution is -2.31. The number of ether oxygens (including phenoxy) is 1. The van der Waals surface area contributed by atoms with Gasteiger partial charge in [0.2, 0.25) is 0 Å².